The van der Waals surface area contributed by atoms with Crippen LogP contribution in [0.1, 0.15) is 11.3 Å². The van der Waals surface area contributed by atoms with E-state index in [0.717, 1.165) is 5.69 Å². The summed E-state index contributed by atoms with van der Waals surface area (Å²) in [5.41, 5.74) is 6.64. The number of rotatable bonds is 3. The molecule has 7 heteroatoms. The predicted octanol–water partition coefficient (Wildman–Crippen LogP) is 0.840. The van der Waals surface area contributed by atoms with Crippen LogP contribution in [0.15, 0.2) is 35.2 Å². The minimum atomic E-state index is -3.68. The van der Waals surface area contributed by atoms with Crippen LogP contribution in [-0.2, 0) is 17.1 Å². The zero-order valence-electron chi connectivity index (χ0n) is 11.8. The third-order valence-corrected chi connectivity index (χ3v) is 4.07. The molecule has 21 heavy (non-hydrogen) atoms. The highest BCUT2D eigenvalue weighted by atomic mass is 32.2. The molecule has 0 aliphatic heterocycles. The van der Waals surface area contributed by atoms with Crippen molar-refractivity contribution in [2.45, 2.75) is 11.8 Å². The van der Waals surface area contributed by atoms with E-state index in [1.807, 2.05) is 0 Å². The van der Waals surface area contributed by atoms with Gasteiger partial charge in [0.25, 0.3) is 10.0 Å². The highest BCUT2D eigenvalue weighted by Gasteiger charge is 2.16. The number of sulfonamides is 1. The Labute approximate surface area is 124 Å². The van der Waals surface area contributed by atoms with E-state index >= 15 is 0 Å². The highest BCUT2D eigenvalue weighted by molar-refractivity contribution is 7.92. The largest absolute Gasteiger partial charge is 0.320 e. The summed E-state index contributed by atoms with van der Waals surface area (Å²) in [6.45, 7) is 2.02. The summed E-state index contributed by atoms with van der Waals surface area (Å²) in [6, 6.07) is 8.06. The number of hydrogen-bond acceptors (Lipinski definition) is 4. The standard InChI is InChI=1S/C14H16N4O2S/c1-11-9-14(18(2)16-11)17-21(19,20)13-7-3-5-12(10-13)6-4-8-15/h3,5,7,9-10,17H,8,15H2,1-2H3. The average molecular weight is 304 g/mol. The number of nitrogens with zero attached hydrogens (tertiary/aromatic N) is 2. The zero-order chi connectivity index (χ0) is 15.5. The van der Waals surface area contributed by atoms with Gasteiger partial charge in [0, 0.05) is 18.7 Å². The van der Waals surface area contributed by atoms with Crippen molar-refractivity contribution in [3.63, 3.8) is 0 Å². The minimum Gasteiger partial charge on any atom is -0.320 e. The van der Waals surface area contributed by atoms with Crippen LogP contribution >= 0.6 is 0 Å². The lowest BCUT2D eigenvalue weighted by Gasteiger charge is -2.08. The van der Waals surface area contributed by atoms with E-state index in [9.17, 15) is 8.42 Å². The molecule has 1 heterocycles. The summed E-state index contributed by atoms with van der Waals surface area (Å²) in [6.07, 6.45) is 0. The maximum atomic E-state index is 12.4. The topological polar surface area (TPSA) is 90.0 Å². The van der Waals surface area contributed by atoms with Gasteiger partial charge < -0.3 is 5.73 Å². The fraction of sp³-hybridized carbons (Fsp3) is 0.214. The first-order valence-corrected chi connectivity index (χ1v) is 7.73. The van der Waals surface area contributed by atoms with Gasteiger partial charge in [0.15, 0.2) is 0 Å². The number of nitrogens with one attached hydrogen (secondary N) is 1. The summed E-state index contributed by atoms with van der Waals surface area (Å²) in [7, 11) is -2.01. The molecule has 2 rings (SSSR count). The molecule has 0 saturated carbocycles. The zero-order valence-corrected chi connectivity index (χ0v) is 12.6. The van der Waals surface area contributed by atoms with E-state index in [0.29, 0.717) is 11.4 Å². The molecule has 0 fully saturated rings. The lowest BCUT2D eigenvalue weighted by atomic mass is 10.2. The van der Waals surface area contributed by atoms with Crippen molar-refractivity contribution < 1.29 is 8.42 Å². The quantitative estimate of drug-likeness (QED) is 0.822. The number of aryl methyl sites for hydroxylation is 2. The van der Waals surface area contributed by atoms with Crippen LogP contribution in [0.3, 0.4) is 0 Å². The van der Waals surface area contributed by atoms with Gasteiger partial charge in [-0.05, 0) is 25.1 Å². The van der Waals surface area contributed by atoms with Crippen LogP contribution in [0.4, 0.5) is 5.82 Å². The van der Waals surface area contributed by atoms with Crippen molar-refractivity contribution >= 4 is 15.8 Å². The number of anilines is 1. The number of nitrogens with two attached hydrogens (primary N) is 1. The molecule has 0 unspecified atom stereocenters. The fourth-order valence-corrected chi connectivity index (χ4v) is 2.92. The first-order chi connectivity index (χ1) is 9.92. The first kappa shape index (κ1) is 15.1. The average Bonchev–Trinajstić information content (AvgIpc) is 2.74. The maximum Gasteiger partial charge on any atom is 0.263 e. The lowest BCUT2D eigenvalue weighted by Crippen LogP contribution is -2.15. The van der Waals surface area contributed by atoms with Crippen molar-refractivity contribution in [1.82, 2.24) is 9.78 Å². The molecule has 0 bridgehead atoms. The molecule has 0 aliphatic rings. The Morgan fingerprint density at radius 3 is 2.76 bits per heavy atom. The predicted molar refractivity (Wildman–Crippen MR) is 81.1 cm³/mol. The second-order valence-corrected chi connectivity index (χ2v) is 6.12. The van der Waals surface area contributed by atoms with Crippen LogP contribution in [0, 0.1) is 18.8 Å². The summed E-state index contributed by atoms with van der Waals surface area (Å²) in [5.74, 6) is 5.91. The third-order valence-electron chi connectivity index (χ3n) is 2.72. The smallest absolute Gasteiger partial charge is 0.263 e. The fourth-order valence-electron chi connectivity index (χ4n) is 1.80. The van der Waals surface area contributed by atoms with Crippen molar-refractivity contribution in [3.05, 3.63) is 41.6 Å². The normalized spacial score (nSPS) is 10.8. The van der Waals surface area contributed by atoms with Gasteiger partial charge in [0.1, 0.15) is 5.82 Å². The van der Waals surface area contributed by atoms with Crippen LogP contribution in [0.5, 0.6) is 0 Å². The first-order valence-electron chi connectivity index (χ1n) is 6.25. The molecule has 3 N–H and O–H groups in total. The van der Waals surface area contributed by atoms with E-state index < -0.39 is 10.0 Å². The summed E-state index contributed by atoms with van der Waals surface area (Å²) in [4.78, 5) is 0.144. The molecule has 0 aliphatic carbocycles. The second kappa shape index (κ2) is 5.99. The van der Waals surface area contributed by atoms with Crippen LogP contribution in [-0.4, -0.2) is 24.7 Å². The Kier molecular flexibility index (Phi) is 4.31. The molecule has 2 aromatic rings. The molecular formula is C14H16N4O2S. The monoisotopic (exact) mass is 304 g/mol. The Bertz CT molecular complexity index is 813. The molecule has 0 radical (unpaired) electrons. The lowest BCUT2D eigenvalue weighted by molar-refractivity contribution is 0.600. The van der Waals surface area contributed by atoms with Crippen molar-refractivity contribution in [3.8, 4) is 11.8 Å². The van der Waals surface area contributed by atoms with Crippen LogP contribution < -0.4 is 10.5 Å². The summed E-state index contributed by atoms with van der Waals surface area (Å²) >= 11 is 0. The molecule has 0 amide bonds. The van der Waals surface area contributed by atoms with Gasteiger partial charge in [-0.2, -0.15) is 5.10 Å². The van der Waals surface area contributed by atoms with Crippen LogP contribution in [0.25, 0.3) is 0 Å². The Morgan fingerprint density at radius 1 is 1.38 bits per heavy atom. The number of aromatic nitrogens is 2. The summed E-state index contributed by atoms with van der Waals surface area (Å²) < 4.78 is 28.7. The van der Waals surface area contributed by atoms with Crippen LogP contribution in [0.2, 0.25) is 0 Å². The van der Waals surface area contributed by atoms with E-state index in [1.165, 1.54) is 16.8 Å². The van der Waals surface area contributed by atoms with Crippen molar-refractivity contribution in [1.29, 1.82) is 0 Å². The molecule has 0 saturated heterocycles. The van der Waals surface area contributed by atoms with Gasteiger partial charge in [-0.25, -0.2) is 8.42 Å². The minimum absolute atomic E-state index is 0.144. The van der Waals surface area contributed by atoms with E-state index in [1.54, 1.807) is 32.2 Å². The van der Waals surface area contributed by atoms with Gasteiger partial charge >= 0.3 is 0 Å². The van der Waals surface area contributed by atoms with E-state index in [-0.39, 0.29) is 11.4 Å². The molecule has 1 aromatic heterocycles. The molecule has 6 nitrogen and oxygen atoms in total. The summed E-state index contributed by atoms with van der Waals surface area (Å²) in [5, 5.41) is 4.10. The van der Waals surface area contributed by atoms with Gasteiger partial charge in [-0.1, -0.05) is 17.9 Å². The van der Waals surface area contributed by atoms with Gasteiger partial charge in [-0.15, -0.1) is 0 Å². The number of benzene rings is 1. The Hall–Kier alpha value is -2.30. The van der Waals surface area contributed by atoms with Crippen molar-refractivity contribution in [2.24, 2.45) is 12.8 Å². The maximum absolute atomic E-state index is 12.4. The highest BCUT2D eigenvalue weighted by Crippen LogP contribution is 2.17. The van der Waals surface area contributed by atoms with Crippen molar-refractivity contribution in [2.75, 3.05) is 11.3 Å². The molecule has 0 atom stereocenters. The SMILES string of the molecule is Cc1cc(NS(=O)(=O)c2cccc(C#CCN)c2)n(C)n1. The number of hydrogen-bond donors (Lipinski definition) is 2. The molecule has 110 valence electrons. The Balaban J connectivity index is 2.33. The molecule has 0 spiro atoms. The van der Waals surface area contributed by atoms with Gasteiger partial charge in [0.2, 0.25) is 0 Å². The van der Waals surface area contributed by atoms with E-state index in [4.69, 9.17) is 5.73 Å². The second-order valence-electron chi connectivity index (χ2n) is 4.43. The van der Waals surface area contributed by atoms with Gasteiger partial charge in [0.05, 0.1) is 17.1 Å². The molecule has 1 aromatic carbocycles. The van der Waals surface area contributed by atoms with Gasteiger partial charge in [-0.3, -0.25) is 9.40 Å². The van der Waals surface area contributed by atoms with E-state index in [2.05, 4.69) is 21.7 Å². The third kappa shape index (κ3) is 3.62. The Morgan fingerprint density at radius 2 is 2.14 bits per heavy atom. The molecular weight excluding hydrogens is 288 g/mol.